The first-order valence-corrected chi connectivity index (χ1v) is 10.0. The van der Waals surface area contributed by atoms with Crippen LogP contribution in [0.1, 0.15) is 23.2 Å². The van der Waals surface area contributed by atoms with Gasteiger partial charge < -0.3 is 21.3 Å². The van der Waals surface area contributed by atoms with E-state index in [0.717, 1.165) is 0 Å². The van der Waals surface area contributed by atoms with Crippen LogP contribution in [-0.4, -0.2) is 65.8 Å². The van der Waals surface area contributed by atoms with E-state index in [9.17, 15) is 14.4 Å². The molecule has 5 N–H and O–H groups in total. The molecule has 10 nitrogen and oxygen atoms in total. The summed E-state index contributed by atoms with van der Waals surface area (Å²) >= 11 is 1.21. The van der Waals surface area contributed by atoms with Gasteiger partial charge in [-0.05, 0) is 32.0 Å². The van der Waals surface area contributed by atoms with E-state index in [4.69, 9.17) is 5.73 Å². The van der Waals surface area contributed by atoms with Gasteiger partial charge in [-0.15, -0.1) is 0 Å². The van der Waals surface area contributed by atoms with Crippen molar-refractivity contribution in [2.24, 2.45) is 10.7 Å². The number of hydrogen-bond donors (Lipinski definition) is 4. The minimum Gasteiger partial charge on any atom is -0.351 e. The normalized spacial score (nSPS) is 18.0. The van der Waals surface area contributed by atoms with Crippen molar-refractivity contribution in [1.29, 1.82) is 0 Å². The molecule has 4 amide bonds. The van der Waals surface area contributed by atoms with Crippen LogP contribution in [0.25, 0.3) is 10.2 Å². The number of rotatable bonds is 4. The summed E-state index contributed by atoms with van der Waals surface area (Å²) in [6.07, 6.45) is 2.51. The van der Waals surface area contributed by atoms with Crippen molar-refractivity contribution in [2.75, 3.05) is 32.0 Å². The van der Waals surface area contributed by atoms with Crippen LogP contribution in [0.4, 0.5) is 9.80 Å². The minimum atomic E-state index is -0.810. The standard InChI is InChI=1S/C18H21N7O3S/c1-20-9-11-22-16(27)18(24-11)4-7-25(8-5-18)15(26)12-10-3-2-6-21-13(10)29-14(12)23-17(19)28/h2-3,6,20H,4-5,7-9H2,1H3,(H3,19,23,28)(H,22,24,27). The third kappa shape index (κ3) is 3.42. The van der Waals surface area contributed by atoms with Crippen molar-refractivity contribution in [3.05, 3.63) is 23.9 Å². The first-order valence-electron chi connectivity index (χ1n) is 9.21. The zero-order valence-corrected chi connectivity index (χ0v) is 16.6. The Morgan fingerprint density at radius 1 is 1.38 bits per heavy atom. The fourth-order valence-electron chi connectivity index (χ4n) is 3.76. The number of aliphatic imine (C=N–C) groups is 1. The summed E-state index contributed by atoms with van der Waals surface area (Å²) in [4.78, 5) is 48.3. The number of carbonyl (C=O) groups is 3. The summed E-state index contributed by atoms with van der Waals surface area (Å²) in [7, 11) is 1.79. The number of anilines is 1. The summed E-state index contributed by atoms with van der Waals surface area (Å²) in [6.45, 7) is 1.26. The van der Waals surface area contributed by atoms with Gasteiger partial charge in [-0.25, -0.2) is 9.78 Å². The Bertz CT molecular complexity index is 1020. The van der Waals surface area contributed by atoms with Gasteiger partial charge in [-0.1, -0.05) is 11.3 Å². The monoisotopic (exact) mass is 415 g/mol. The Morgan fingerprint density at radius 2 is 2.14 bits per heavy atom. The van der Waals surface area contributed by atoms with Gasteiger partial charge in [0.15, 0.2) is 0 Å². The second-order valence-corrected chi connectivity index (χ2v) is 8.02. The summed E-state index contributed by atoms with van der Waals surface area (Å²) in [5.74, 6) is 0.289. The van der Waals surface area contributed by atoms with Gasteiger partial charge in [-0.2, -0.15) is 0 Å². The number of likely N-dealkylation sites (tertiary alicyclic amines) is 1. The molecule has 152 valence electrons. The lowest BCUT2D eigenvalue weighted by Crippen LogP contribution is -2.50. The zero-order chi connectivity index (χ0) is 20.6. The molecule has 4 heterocycles. The zero-order valence-electron chi connectivity index (χ0n) is 15.8. The molecule has 2 aromatic rings. The Labute approximate surface area is 170 Å². The second-order valence-electron chi connectivity index (χ2n) is 7.02. The Kier molecular flexibility index (Phi) is 4.92. The number of carbonyl (C=O) groups excluding carboxylic acids is 3. The average Bonchev–Trinajstić information content (AvgIpc) is 3.19. The Morgan fingerprint density at radius 3 is 2.83 bits per heavy atom. The highest BCUT2D eigenvalue weighted by atomic mass is 32.1. The van der Waals surface area contributed by atoms with E-state index in [1.807, 2.05) is 0 Å². The van der Waals surface area contributed by atoms with Crippen LogP contribution in [0.3, 0.4) is 0 Å². The van der Waals surface area contributed by atoms with E-state index >= 15 is 0 Å². The predicted octanol–water partition coefficient (Wildman–Crippen LogP) is 0.509. The number of thiophene rings is 1. The fraction of sp³-hybridized carbons (Fsp3) is 0.389. The molecule has 0 saturated carbocycles. The van der Waals surface area contributed by atoms with Crippen molar-refractivity contribution < 1.29 is 14.4 Å². The SMILES string of the molecule is CNCC1=NC2(CCN(C(=O)c3c(NC(N)=O)sc4ncccc34)CC2)C(=O)N1. The van der Waals surface area contributed by atoms with E-state index in [0.29, 0.717) is 59.1 Å². The van der Waals surface area contributed by atoms with Gasteiger partial charge in [0.05, 0.1) is 12.1 Å². The topological polar surface area (TPSA) is 142 Å². The van der Waals surface area contributed by atoms with Crippen molar-refractivity contribution in [3.63, 3.8) is 0 Å². The maximum absolute atomic E-state index is 13.3. The maximum Gasteiger partial charge on any atom is 0.317 e. The molecule has 1 fully saturated rings. The quantitative estimate of drug-likeness (QED) is 0.576. The molecule has 4 rings (SSSR count). The molecule has 0 radical (unpaired) electrons. The molecule has 2 aliphatic rings. The molecular formula is C18H21N7O3S. The Balaban J connectivity index is 1.58. The number of nitrogens with one attached hydrogen (secondary N) is 3. The number of pyridine rings is 1. The van der Waals surface area contributed by atoms with Crippen LogP contribution in [-0.2, 0) is 4.79 Å². The molecule has 1 spiro atoms. The smallest absolute Gasteiger partial charge is 0.317 e. The molecule has 0 bridgehead atoms. The van der Waals surface area contributed by atoms with Crippen molar-refractivity contribution >= 4 is 50.2 Å². The predicted molar refractivity (Wildman–Crippen MR) is 110 cm³/mol. The van der Waals surface area contributed by atoms with Crippen LogP contribution >= 0.6 is 11.3 Å². The number of hydrogen-bond acceptors (Lipinski definition) is 7. The number of amides is 4. The summed E-state index contributed by atoms with van der Waals surface area (Å²) in [6, 6.07) is 2.80. The summed E-state index contributed by atoms with van der Waals surface area (Å²) in [5.41, 5.74) is 4.84. The van der Waals surface area contributed by atoms with Gasteiger partial charge in [0.2, 0.25) is 0 Å². The summed E-state index contributed by atoms with van der Waals surface area (Å²) in [5, 5.41) is 9.38. The average molecular weight is 415 g/mol. The van der Waals surface area contributed by atoms with Crippen LogP contribution in [0.2, 0.25) is 0 Å². The van der Waals surface area contributed by atoms with E-state index in [1.54, 1.807) is 30.3 Å². The van der Waals surface area contributed by atoms with Crippen molar-refractivity contribution in [1.82, 2.24) is 20.5 Å². The molecule has 0 unspecified atom stereocenters. The number of amidine groups is 1. The largest absolute Gasteiger partial charge is 0.351 e. The molecular weight excluding hydrogens is 394 g/mol. The lowest BCUT2D eigenvalue weighted by Gasteiger charge is -2.35. The number of primary amides is 1. The highest BCUT2D eigenvalue weighted by Crippen LogP contribution is 2.37. The molecule has 0 atom stereocenters. The molecule has 29 heavy (non-hydrogen) atoms. The first kappa shape index (κ1) is 19.3. The van der Waals surface area contributed by atoms with E-state index in [-0.39, 0.29) is 11.8 Å². The second kappa shape index (κ2) is 7.41. The van der Waals surface area contributed by atoms with Gasteiger partial charge in [0, 0.05) is 24.7 Å². The third-order valence-corrected chi connectivity index (χ3v) is 6.20. The number of aromatic nitrogens is 1. The van der Waals surface area contributed by atoms with Crippen molar-refractivity contribution in [3.8, 4) is 0 Å². The molecule has 2 aliphatic heterocycles. The summed E-state index contributed by atoms with van der Waals surface area (Å²) < 4.78 is 0. The molecule has 2 aromatic heterocycles. The first-order chi connectivity index (χ1) is 13.9. The number of urea groups is 1. The lowest BCUT2D eigenvalue weighted by atomic mass is 9.87. The number of likely N-dealkylation sites (N-methyl/N-ethyl adjacent to an activating group) is 1. The van der Waals surface area contributed by atoms with Crippen molar-refractivity contribution in [2.45, 2.75) is 18.4 Å². The van der Waals surface area contributed by atoms with Crippen LogP contribution in [0.5, 0.6) is 0 Å². The number of piperidine rings is 1. The highest BCUT2D eigenvalue weighted by Gasteiger charge is 2.46. The molecule has 0 aromatic carbocycles. The lowest BCUT2D eigenvalue weighted by molar-refractivity contribution is -0.125. The molecule has 11 heteroatoms. The number of fused-ring (bicyclic) bond motifs is 1. The van der Waals surface area contributed by atoms with Gasteiger partial charge >= 0.3 is 6.03 Å². The minimum absolute atomic E-state index is 0.115. The van der Waals surface area contributed by atoms with Crippen LogP contribution in [0, 0.1) is 0 Å². The third-order valence-electron chi connectivity index (χ3n) is 5.17. The highest BCUT2D eigenvalue weighted by molar-refractivity contribution is 7.23. The number of nitrogens with two attached hydrogens (primary N) is 1. The van der Waals surface area contributed by atoms with Gasteiger partial charge in [0.1, 0.15) is 21.2 Å². The molecule has 1 saturated heterocycles. The van der Waals surface area contributed by atoms with Gasteiger partial charge in [0.25, 0.3) is 11.8 Å². The van der Waals surface area contributed by atoms with Gasteiger partial charge in [-0.3, -0.25) is 19.9 Å². The Hall–Kier alpha value is -3.05. The van der Waals surface area contributed by atoms with E-state index in [2.05, 4.69) is 25.9 Å². The van der Waals surface area contributed by atoms with Crippen LogP contribution < -0.4 is 21.7 Å². The molecule has 0 aliphatic carbocycles. The maximum atomic E-state index is 13.3. The number of nitrogens with zero attached hydrogens (tertiary/aromatic N) is 3. The van der Waals surface area contributed by atoms with E-state index < -0.39 is 11.6 Å². The fourth-order valence-corrected chi connectivity index (χ4v) is 4.79. The van der Waals surface area contributed by atoms with Crippen LogP contribution in [0.15, 0.2) is 23.3 Å². The van der Waals surface area contributed by atoms with E-state index in [1.165, 1.54) is 11.3 Å².